The quantitative estimate of drug-likeness (QED) is 0.142. The molecule has 15 rings (SSSR count). The molecule has 0 spiro atoms. The third kappa shape index (κ3) is 7.08. The van der Waals surface area contributed by atoms with Crippen molar-refractivity contribution in [3.63, 3.8) is 0 Å². The highest BCUT2D eigenvalue weighted by atomic mass is 15.2. The predicted molar refractivity (Wildman–Crippen MR) is 315 cm³/mol. The van der Waals surface area contributed by atoms with E-state index in [0.29, 0.717) is 17.5 Å². The van der Waals surface area contributed by atoms with E-state index < -0.39 is 0 Å². The summed E-state index contributed by atoms with van der Waals surface area (Å²) >= 11 is 0. The molecule has 4 heterocycles. The minimum atomic E-state index is 0.0709. The number of aromatic nitrogens is 4. The Morgan fingerprint density at radius 2 is 0.711 bits per heavy atom. The Morgan fingerprint density at radius 1 is 0.276 bits per heavy atom. The standard InChI is InChI=1S/C69H45BN6/c1-4-21-46(22-5-1)67-71-68(47-23-6-2-7-24-47)73-69(72-67)51-41-42-61(76-59-35-14-10-31-54(59)55-32-11-15-36-60(55)76)56(45-51)50-27-18-25-48(43-50)49-26-19-30-53(44-49)75-63-38-17-13-34-58(63)70-57-33-12-16-37-62(57)74(52-28-8-3-9-29-52)64-39-20-40-65(75)66(64)70/h1-45H. The van der Waals surface area contributed by atoms with Crippen LogP contribution in [0, 0.1) is 0 Å². The number of hydrogen-bond donors (Lipinski definition) is 0. The van der Waals surface area contributed by atoms with Gasteiger partial charge in [0, 0.05) is 67.2 Å². The Morgan fingerprint density at radius 3 is 1.33 bits per heavy atom. The van der Waals surface area contributed by atoms with E-state index in [9.17, 15) is 0 Å². The van der Waals surface area contributed by atoms with Gasteiger partial charge in [0.2, 0.25) is 0 Å². The lowest BCUT2D eigenvalue weighted by Gasteiger charge is -2.44. The van der Waals surface area contributed by atoms with Crippen LogP contribution in [0.2, 0.25) is 0 Å². The summed E-state index contributed by atoms with van der Waals surface area (Å²) < 4.78 is 2.41. The zero-order chi connectivity index (χ0) is 50.1. The number of nitrogens with zero attached hydrogens (tertiary/aromatic N) is 6. The summed E-state index contributed by atoms with van der Waals surface area (Å²) in [4.78, 5) is 20.3. The minimum Gasteiger partial charge on any atom is -0.311 e. The largest absolute Gasteiger partial charge is 0.311 e. The molecule has 0 amide bonds. The lowest BCUT2D eigenvalue weighted by molar-refractivity contribution is 1.07. The third-order valence-corrected chi connectivity index (χ3v) is 15.2. The van der Waals surface area contributed by atoms with E-state index in [1.807, 2.05) is 36.4 Å². The van der Waals surface area contributed by atoms with Crippen molar-refractivity contribution >= 4 is 79.0 Å². The van der Waals surface area contributed by atoms with E-state index in [1.54, 1.807) is 0 Å². The Labute approximate surface area is 441 Å². The number of anilines is 6. The maximum Gasteiger partial charge on any atom is 0.252 e. The second-order valence-electron chi connectivity index (χ2n) is 19.5. The van der Waals surface area contributed by atoms with Crippen LogP contribution in [0.25, 0.3) is 83.9 Å². The lowest BCUT2D eigenvalue weighted by Crippen LogP contribution is -2.61. The minimum absolute atomic E-state index is 0.0709. The van der Waals surface area contributed by atoms with Gasteiger partial charge in [0.1, 0.15) is 0 Å². The van der Waals surface area contributed by atoms with Gasteiger partial charge in [0.05, 0.1) is 16.7 Å². The molecule has 76 heavy (non-hydrogen) atoms. The molecule has 6 nitrogen and oxygen atoms in total. The molecule has 0 fully saturated rings. The molecule has 11 aromatic carbocycles. The molecular weight excluding hydrogens is 924 g/mol. The van der Waals surface area contributed by atoms with E-state index >= 15 is 0 Å². The van der Waals surface area contributed by atoms with Gasteiger partial charge in [-0.25, -0.2) is 15.0 Å². The van der Waals surface area contributed by atoms with Crippen LogP contribution in [0.3, 0.4) is 0 Å². The SMILES string of the molecule is c1ccc(-c2nc(-c3ccccc3)nc(-c3ccc(-n4c5ccccc5c5ccccc54)c(-c4cccc(-c5cccc(N6c7ccccc7B7c8ccccc8N(c8ccccc8)c8cccc6c87)c5)c4)c3)n2)cc1. The summed E-state index contributed by atoms with van der Waals surface area (Å²) in [5.74, 6) is 1.86. The molecular formula is C69H45BN6. The van der Waals surface area contributed by atoms with Crippen LogP contribution < -0.4 is 26.2 Å². The highest BCUT2D eigenvalue weighted by Crippen LogP contribution is 2.45. The topological polar surface area (TPSA) is 50.1 Å². The summed E-state index contributed by atoms with van der Waals surface area (Å²) in [5.41, 5.74) is 21.4. The van der Waals surface area contributed by atoms with E-state index in [1.165, 1.54) is 49.9 Å². The zero-order valence-corrected chi connectivity index (χ0v) is 41.2. The van der Waals surface area contributed by atoms with E-state index in [2.05, 4.69) is 251 Å². The molecule has 0 atom stereocenters. The van der Waals surface area contributed by atoms with Crippen LogP contribution in [0.4, 0.5) is 34.1 Å². The number of benzene rings is 11. The maximum atomic E-state index is 5.19. The summed E-state index contributed by atoms with van der Waals surface area (Å²) in [6.45, 7) is 0.0709. The van der Waals surface area contributed by atoms with Crippen molar-refractivity contribution in [2.24, 2.45) is 0 Å². The van der Waals surface area contributed by atoms with Crippen molar-refractivity contribution in [2.75, 3.05) is 9.80 Å². The van der Waals surface area contributed by atoms with Gasteiger partial charge in [0.15, 0.2) is 17.5 Å². The van der Waals surface area contributed by atoms with Crippen molar-refractivity contribution in [1.29, 1.82) is 0 Å². The van der Waals surface area contributed by atoms with Gasteiger partial charge in [-0.05, 0) is 118 Å². The molecule has 0 aliphatic carbocycles. The van der Waals surface area contributed by atoms with Crippen LogP contribution in [0.1, 0.15) is 0 Å². The molecule has 0 bridgehead atoms. The van der Waals surface area contributed by atoms with Crippen molar-refractivity contribution in [1.82, 2.24) is 19.5 Å². The molecule has 0 saturated heterocycles. The van der Waals surface area contributed by atoms with Crippen molar-refractivity contribution in [3.8, 4) is 62.1 Å². The van der Waals surface area contributed by atoms with Gasteiger partial charge >= 0.3 is 0 Å². The molecule has 0 unspecified atom stereocenters. The zero-order valence-electron chi connectivity index (χ0n) is 41.2. The molecule has 13 aromatic rings. The normalized spacial score (nSPS) is 12.4. The van der Waals surface area contributed by atoms with Gasteiger partial charge in [-0.1, -0.05) is 188 Å². The third-order valence-electron chi connectivity index (χ3n) is 15.2. The first-order valence-corrected chi connectivity index (χ1v) is 25.9. The van der Waals surface area contributed by atoms with Crippen LogP contribution >= 0.6 is 0 Å². The van der Waals surface area contributed by atoms with E-state index in [-0.39, 0.29) is 6.71 Å². The van der Waals surface area contributed by atoms with E-state index in [4.69, 9.17) is 15.0 Å². The molecule has 2 aliphatic heterocycles. The van der Waals surface area contributed by atoms with Crippen molar-refractivity contribution in [3.05, 3.63) is 273 Å². The predicted octanol–water partition coefficient (Wildman–Crippen LogP) is 15.4. The molecule has 0 N–H and O–H groups in total. The summed E-state index contributed by atoms with van der Waals surface area (Å²) in [6, 6.07) is 97.9. The van der Waals surface area contributed by atoms with Gasteiger partial charge in [0.25, 0.3) is 6.71 Å². The van der Waals surface area contributed by atoms with E-state index in [0.717, 1.165) is 67.0 Å². The molecule has 2 aliphatic rings. The summed E-state index contributed by atoms with van der Waals surface area (Å²) in [7, 11) is 0. The first-order valence-electron chi connectivity index (χ1n) is 25.9. The second kappa shape index (κ2) is 17.8. The Kier molecular flexibility index (Phi) is 10.2. The van der Waals surface area contributed by atoms with Gasteiger partial charge in [-0.15, -0.1) is 0 Å². The lowest BCUT2D eigenvalue weighted by atomic mass is 9.33. The number of para-hydroxylation sites is 5. The van der Waals surface area contributed by atoms with Crippen LogP contribution in [0.15, 0.2) is 273 Å². The summed E-state index contributed by atoms with van der Waals surface area (Å²) in [5, 5.41) is 2.41. The highest BCUT2D eigenvalue weighted by Gasteiger charge is 2.42. The molecule has 2 aromatic heterocycles. The fourth-order valence-corrected chi connectivity index (χ4v) is 11.9. The molecule has 0 radical (unpaired) electrons. The highest BCUT2D eigenvalue weighted by molar-refractivity contribution is 7.00. The van der Waals surface area contributed by atoms with Gasteiger partial charge in [-0.2, -0.15) is 0 Å². The number of hydrogen-bond acceptors (Lipinski definition) is 5. The molecule has 7 heteroatoms. The number of rotatable bonds is 8. The smallest absolute Gasteiger partial charge is 0.252 e. The summed E-state index contributed by atoms with van der Waals surface area (Å²) in [6.07, 6.45) is 0. The first-order chi connectivity index (χ1) is 37.7. The molecule has 0 saturated carbocycles. The van der Waals surface area contributed by atoms with Crippen LogP contribution in [-0.4, -0.2) is 26.2 Å². The van der Waals surface area contributed by atoms with Crippen molar-refractivity contribution < 1.29 is 0 Å². The first kappa shape index (κ1) is 43.5. The average molecular weight is 969 g/mol. The van der Waals surface area contributed by atoms with Crippen LogP contribution in [-0.2, 0) is 0 Å². The van der Waals surface area contributed by atoms with Crippen LogP contribution in [0.5, 0.6) is 0 Å². The fraction of sp³-hybridized carbons (Fsp3) is 0. The fourth-order valence-electron chi connectivity index (χ4n) is 11.9. The van der Waals surface area contributed by atoms with Gasteiger partial charge < -0.3 is 14.4 Å². The second-order valence-corrected chi connectivity index (χ2v) is 19.5. The van der Waals surface area contributed by atoms with Crippen molar-refractivity contribution in [2.45, 2.75) is 0 Å². The molecule has 354 valence electrons. The van der Waals surface area contributed by atoms with Gasteiger partial charge in [-0.3, -0.25) is 0 Å². The number of fused-ring (bicyclic) bond motifs is 7. The Bertz CT molecular complexity index is 4270. The monoisotopic (exact) mass is 968 g/mol. The maximum absolute atomic E-state index is 5.19. The Hall–Kier alpha value is -10.1. The average Bonchev–Trinajstić information content (AvgIpc) is 3.85. The Balaban J connectivity index is 0.898.